The lowest BCUT2D eigenvalue weighted by atomic mass is 10.1. The number of carbonyl (C=O) groups excluding carboxylic acids is 2. The van der Waals surface area contributed by atoms with Gasteiger partial charge in [-0.25, -0.2) is 0 Å². The minimum absolute atomic E-state index is 0.0815. The van der Waals surface area contributed by atoms with E-state index in [2.05, 4.69) is 4.98 Å². The second-order valence-corrected chi connectivity index (χ2v) is 7.61. The Morgan fingerprint density at radius 3 is 2.47 bits per heavy atom. The van der Waals surface area contributed by atoms with E-state index in [0.717, 1.165) is 16.5 Å². The van der Waals surface area contributed by atoms with Crippen LogP contribution in [0.3, 0.4) is 0 Å². The Bertz CT molecular complexity index is 1080. The van der Waals surface area contributed by atoms with E-state index in [9.17, 15) is 9.59 Å². The summed E-state index contributed by atoms with van der Waals surface area (Å²) in [5.41, 5.74) is 2.03. The van der Waals surface area contributed by atoms with E-state index in [1.165, 1.54) is 0 Å². The summed E-state index contributed by atoms with van der Waals surface area (Å²) in [6, 6.07) is 15.3. The van der Waals surface area contributed by atoms with E-state index in [-0.39, 0.29) is 18.4 Å². The minimum atomic E-state index is -0.645. The number of carbonyl (C=O) groups is 2. The fraction of sp³-hybridized carbons (Fsp3) is 0.304. The van der Waals surface area contributed by atoms with E-state index in [0.29, 0.717) is 44.1 Å². The van der Waals surface area contributed by atoms with Gasteiger partial charge in [-0.05, 0) is 23.8 Å². The number of ether oxygens (including phenoxy) is 2. The molecule has 0 saturated carbocycles. The van der Waals surface area contributed by atoms with Crippen LogP contribution in [0.15, 0.2) is 54.7 Å². The van der Waals surface area contributed by atoms with Crippen molar-refractivity contribution in [3.63, 3.8) is 0 Å². The molecule has 1 saturated heterocycles. The standard InChI is InChI=1S/C23H23N3O4/c27-22(13-16-14-24-18-6-2-1-5-17(16)18)25-9-11-26(12-10-25)23(28)21-15-29-19-7-3-4-8-20(19)30-21/h1-8,14,21,24H,9-13,15H2. The fourth-order valence-electron chi connectivity index (χ4n) is 4.07. The summed E-state index contributed by atoms with van der Waals surface area (Å²) >= 11 is 0. The van der Waals surface area contributed by atoms with Crippen LogP contribution in [0.2, 0.25) is 0 Å². The van der Waals surface area contributed by atoms with Crippen LogP contribution in [-0.2, 0) is 16.0 Å². The summed E-state index contributed by atoms with van der Waals surface area (Å²) < 4.78 is 11.5. The monoisotopic (exact) mass is 405 g/mol. The van der Waals surface area contributed by atoms with Gasteiger partial charge in [-0.1, -0.05) is 30.3 Å². The Morgan fingerprint density at radius 2 is 1.63 bits per heavy atom. The third-order valence-electron chi connectivity index (χ3n) is 5.74. The number of benzene rings is 2. The summed E-state index contributed by atoms with van der Waals surface area (Å²) in [5.74, 6) is 1.25. The van der Waals surface area contributed by atoms with Crippen molar-refractivity contribution in [2.75, 3.05) is 32.8 Å². The van der Waals surface area contributed by atoms with Gasteiger partial charge < -0.3 is 24.3 Å². The highest BCUT2D eigenvalue weighted by atomic mass is 16.6. The number of hydrogen-bond acceptors (Lipinski definition) is 4. The molecule has 2 amide bonds. The first kappa shape index (κ1) is 18.5. The maximum absolute atomic E-state index is 12.9. The molecule has 2 aromatic carbocycles. The van der Waals surface area contributed by atoms with Crippen LogP contribution >= 0.6 is 0 Å². The molecular weight excluding hydrogens is 382 g/mol. The Morgan fingerprint density at radius 1 is 0.933 bits per heavy atom. The number of H-pyrrole nitrogens is 1. The van der Waals surface area contributed by atoms with Crippen molar-refractivity contribution >= 4 is 22.7 Å². The zero-order valence-corrected chi connectivity index (χ0v) is 16.5. The predicted octanol–water partition coefficient (Wildman–Crippen LogP) is 2.22. The molecule has 5 rings (SSSR count). The SMILES string of the molecule is O=C(Cc1c[nH]c2ccccc12)N1CCN(C(=O)C2COc3ccccc3O2)CC1. The normalized spacial score (nSPS) is 18.5. The molecule has 1 atom stereocenters. The van der Waals surface area contributed by atoms with Gasteiger partial charge in [0.2, 0.25) is 12.0 Å². The number of amides is 2. The molecule has 7 nitrogen and oxygen atoms in total. The van der Waals surface area contributed by atoms with Gasteiger partial charge in [0.1, 0.15) is 6.61 Å². The molecule has 1 aromatic heterocycles. The number of aromatic amines is 1. The van der Waals surface area contributed by atoms with Gasteiger partial charge in [-0.2, -0.15) is 0 Å². The third-order valence-corrected chi connectivity index (χ3v) is 5.74. The van der Waals surface area contributed by atoms with Crippen molar-refractivity contribution in [2.24, 2.45) is 0 Å². The molecule has 2 aliphatic rings. The lowest BCUT2D eigenvalue weighted by molar-refractivity contribution is -0.146. The third kappa shape index (κ3) is 3.47. The topological polar surface area (TPSA) is 74.9 Å². The highest BCUT2D eigenvalue weighted by Gasteiger charge is 2.33. The first-order valence-corrected chi connectivity index (χ1v) is 10.2. The number of nitrogens with zero attached hydrogens (tertiary/aromatic N) is 2. The summed E-state index contributed by atoms with van der Waals surface area (Å²) in [6.07, 6.45) is 1.61. The van der Waals surface area contributed by atoms with Crippen LogP contribution in [0.25, 0.3) is 10.9 Å². The number of hydrogen-bond donors (Lipinski definition) is 1. The van der Waals surface area contributed by atoms with Crippen molar-refractivity contribution < 1.29 is 19.1 Å². The predicted molar refractivity (Wildman–Crippen MR) is 112 cm³/mol. The maximum Gasteiger partial charge on any atom is 0.267 e. The molecule has 0 radical (unpaired) electrons. The Hall–Kier alpha value is -3.48. The van der Waals surface area contributed by atoms with Crippen molar-refractivity contribution in [3.05, 3.63) is 60.3 Å². The van der Waals surface area contributed by atoms with Gasteiger partial charge in [-0.15, -0.1) is 0 Å². The van der Waals surface area contributed by atoms with Crippen molar-refractivity contribution in [2.45, 2.75) is 12.5 Å². The quantitative estimate of drug-likeness (QED) is 0.725. The van der Waals surface area contributed by atoms with Gasteiger partial charge in [0.15, 0.2) is 11.5 Å². The van der Waals surface area contributed by atoms with E-state index < -0.39 is 6.10 Å². The van der Waals surface area contributed by atoms with E-state index in [4.69, 9.17) is 9.47 Å². The second kappa shape index (κ2) is 7.74. The molecule has 3 aromatic rings. The van der Waals surface area contributed by atoms with Crippen LogP contribution in [0, 0.1) is 0 Å². The first-order chi connectivity index (χ1) is 14.7. The van der Waals surface area contributed by atoms with Crippen LogP contribution < -0.4 is 9.47 Å². The molecule has 1 N–H and O–H groups in total. The molecule has 7 heteroatoms. The molecular formula is C23H23N3O4. The molecule has 0 bridgehead atoms. The van der Waals surface area contributed by atoms with Gasteiger partial charge in [0.05, 0.1) is 6.42 Å². The zero-order valence-electron chi connectivity index (χ0n) is 16.5. The highest BCUT2D eigenvalue weighted by molar-refractivity contribution is 5.89. The van der Waals surface area contributed by atoms with Gasteiger partial charge >= 0.3 is 0 Å². The molecule has 2 aliphatic heterocycles. The Labute approximate surface area is 174 Å². The first-order valence-electron chi connectivity index (χ1n) is 10.2. The average molecular weight is 405 g/mol. The lowest BCUT2D eigenvalue weighted by Crippen LogP contribution is -2.55. The van der Waals surface area contributed by atoms with Crippen LogP contribution in [0.4, 0.5) is 0 Å². The van der Waals surface area contributed by atoms with Crippen molar-refractivity contribution in [3.8, 4) is 11.5 Å². The molecule has 1 fully saturated rings. The average Bonchev–Trinajstić information content (AvgIpc) is 3.21. The van der Waals surface area contributed by atoms with E-state index in [1.807, 2.05) is 53.6 Å². The lowest BCUT2D eigenvalue weighted by Gasteiger charge is -2.37. The summed E-state index contributed by atoms with van der Waals surface area (Å²) in [5, 5.41) is 1.08. The van der Waals surface area contributed by atoms with Gasteiger partial charge in [0, 0.05) is 43.3 Å². The number of piperazine rings is 1. The van der Waals surface area contributed by atoms with Gasteiger partial charge in [-0.3, -0.25) is 9.59 Å². The number of aromatic nitrogens is 1. The van der Waals surface area contributed by atoms with E-state index in [1.54, 1.807) is 11.0 Å². The number of para-hydroxylation sites is 3. The molecule has 1 unspecified atom stereocenters. The molecule has 0 aliphatic carbocycles. The molecule has 0 spiro atoms. The number of nitrogens with one attached hydrogen (secondary N) is 1. The molecule has 30 heavy (non-hydrogen) atoms. The van der Waals surface area contributed by atoms with Crippen LogP contribution in [0.1, 0.15) is 5.56 Å². The summed E-state index contributed by atoms with van der Waals surface area (Å²) in [4.78, 5) is 32.5. The largest absolute Gasteiger partial charge is 0.485 e. The zero-order chi connectivity index (χ0) is 20.5. The smallest absolute Gasteiger partial charge is 0.267 e. The van der Waals surface area contributed by atoms with Crippen LogP contribution in [0.5, 0.6) is 11.5 Å². The summed E-state index contributed by atoms with van der Waals surface area (Å²) in [7, 11) is 0. The maximum atomic E-state index is 12.9. The number of fused-ring (bicyclic) bond motifs is 2. The van der Waals surface area contributed by atoms with E-state index >= 15 is 0 Å². The van der Waals surface area contributed by atoms with Crippen molar-refractivity contribution in [1.29, 1.82) is 0 Å². The Kier molecular flexibility index (Phi) is 4.78. The van der Waals surface area contributed by atoms with Crippen molar-refractivity contribution in [1.82, 2.24) is 14.8 Å². The molecule has 3 heterocycles. The summed E-state index contributed by atoms with van der Waals surface area (Å²) in [6.45, 7) is 2.25. The van der Waals surface area contributed by atoms with Gasteiger partial charge in [0.25, 0.3) is 5.91 Å². The highest BCUT2D eigenvalue weighted by Crippen LogP contribution is 2.31. The Balaban J connectivity index is 1.17. The number of rotatable bonds is 3. The van der Waals surface area contributed by atoms with Crippen LogP contribution in [-0.4, -0.2) is 65.5 Å². The molecule has 154 valence electrons. The fourth-order valence-corrected chi connectivity index (χ4v) is 4.07. The minimum Gasteiger partial charge on any atom is -0.485 e. The second-order valence-electron chi connectivity index (χ2n) is 7.61.